The van der Waals surface area contributed by atoms with Crippen molar-refractivity contribution in [2.45, 2.75) is 6.92 Å². The first-order valence-corrected chi connectivity index (χ1v) is 8.73. The quantitative estimate of drug-likeness (QED) is 0.662. The topological polar surface area (TPSA) is 67.4 Å². The zero-order chi connectivity index (χ0) is 18.8. The smallest absolute Gasteiger partial charge is 0.267 e. The summed E-state index contributed by atoms with van der Waals surface area (Å²) in [4.78, 5) is 24.2. The lowest BCUT2D eigenvalue weighted by molar-refractivity contribution is -0.114. The summed E-state index contributed by atoms with van der Waals surface area (Å²) in [5.41, 5.74) is 0.890. The number of carbonyl (C=O) groups excluding carboxylic acids is 2. The number of amides is 2. The molecule has 3 rings (SSSR count). The van der Waals surface area contributed by atoms with Crippen molar-refractivity contribution in [3.8, 4) is 5.75 Å². The average molecular weight is 393 g/mol. The van der Waals surface area contributed by atoms with Gasteiger partial charge >= 0.3 is 0 Å². The van der Waals surface area contributed by atoms with Crippen molar-refractivity contribution in [1.82, 2.24) is 0 Å². The summed E-state index contributed by atoms with van der Waals surface area (Å²) in [5.74, 6) is -0.653. The molecule has 3 aromatic rings. The monoisotopic (exact) mass is 392 g/mol. The molecule has 0 saturated heterocycles. The Labute approximate surface area is 157 Å². The van der Waals surface area contributed by atoms with Gasteiger partial charge in [-0.3, -0.25) is 9.59 Å². The van der Waals surface area contributed by atoms with Crippen molar-refractivity contribution in [2.24, 2.45) is 0 Å². The highest BCUT2D eigenvalue weighted by molar-refractivity contribution is 7.21. The number of methoxy groups -OCH3 is 1. The zero-order valence-electron chi connectivity index (χ0n) is 13.9. The van der Waals surface area contributed by atoms with E-state index in [-0.39, 0.29) is 15.8 Å². The van der Waals surface area contributed by atoms with Gasteiger partial charge < -0.3 is 15.4 Å². The van der Waals surface area contributed by atoms with Gasteiger partial charge in [-0.05, 0) is 36.4 Å². The van der Waals surface area contributed by atoms with E-state index in [1.54, 1.807) is 18.2 Å². The van der Waals surface area contributed by atoms with E-state index in [4.69, 9.17) is 16.3 Å². The van der Waals surface area contributed by atoms with Crippen LogP contribution in [0.1, 0.15) is 16.6 Å². The summed E-state index contributed by atoms with van der Waals surface area (Å²) >= 11 is 7.38. The summed E-state index contributed by atoms with van der Waals surface area (Å²) in [5, 5.41) is 6.24. The van der Waals surface area contributed by atoms with Crippen molar-refractivity contribution in [3.63, 3.8) is 0 Å². The number of ether oxygens (including phenoxy) is 1. The number of rotatable bonds is 4. The Morgan fingerprint density at radius 3 is 2.62 bits per heavy atom. The fraction of sp³-hybridized carbons (Fsp3) is 0.111. The first-order chi connectivity index (χ1) is 12.4. The van der Waals surface area contributed by atoms with Crippen LogP contribution in [0.25, 0.3) is 10.1 Å². The highest BCUT2D eigenvalue weighted by Crippen LogP contribution is 2.37. The van der Waals surface area contributed by atoms with Crippen molar-refractivity contribution in [3.05, 3.63) is 52.1 Å². The Bertz CT molecular complexity index is 1020. The van der Waals surface area contributed by atoms with E-state index in [1.165, 1.54) is 32.2 Å². The molecule has 0 aliphatic carbocycles. The standard InChI is InChI=1S/C18H14ClFN2O3S/c1-9(23)21-11-4-6-14(25-2)13(8-11)22-18(24)17-16(19)12-5-3-10(20)7-15(12)26-17/h3-8H,1-2H3,(H,21,23)(H,22,24). The van der Waals surface area contributed by atoms with Crippen LogP contribution in [0, 0.1) is 5.82 Å². The molecule has 8 heteroatoms. The van der Waals surface area contributed by atoms with E-state index in [9.17, 15) is 14.0 Å². The number of anilines is 2. The van der Waals surface area contributed by atoms with Crippen LogP contribution in [0.5, 0.6) is 5.75 Å². The molecule has 5 nitrogen and oxygen atoms in total. The summed E-state index contributed by atoms with van der Waals surface area (Å²) in [6.45, 7) is 1.39. The molecule has 0 spiro atoms. The van der Waals surface area contributed by atoms with Crippen LogP contribution in [0.3, 0.4) is 0 Å². The van der Waals surface area contributed by atoms with Crippen LogP contribution >= 0.6 is 22.9 Å². The molecule has 26 heavy (non-hydrogen) atoms. The second kappa shape index (κ2) is 7.31. The third kappa shape index (κ3) is 3.63. The molecule has 134 valence electrons. The van der Waals surface area contributed by atoms with Gasteiger partial charge in [0.05, 0.1) is 17.8 Å². The molecule has 0 radical (unpaired) electrons. The molecule has 0 atom stereocenters. The van der Waals surface area contributed by atoms with Crippen molar-refractivity contribution < 1.29 is 18.7 Å². The van der Waals surface area contributed by atoms with Crippen molar-refractivity contribution in [1.29, 1.82) is 0 Å². The number of benzene rings is 2. The highest BCUT2D eigenvalue weighted by Gasteiger charge is 2.19. The predicted octanol–water partition coefficient (Wildman–Crippen LogP) is 4.91. The maximum absolute atomic E-state index is 13.4. The first kappa shape index (κ1) is 18.2. The Kier molecular flexibility index (Phi) is 5.11. The van der Waals surface area contributed by atoms with E-state index in [0.717, 1.165) is 11.3 Å². The lowest BCUT2D eigenvalue weighted by Crippen LogP contribution is -2.12. The summed E-state index contributed by atoms with van der Waals surface area (Å²) in [6.07, 6.45) is 0. The SMILES string of the molecule is COc1ccc(NC(C)=O)cc1NC(=O)c1sc2cc(F)ccc2c1Cl. The molecular formula is C18H14ClFN2O3S. The molecule has 0 saturated carbocycles. The number of thiophene rings is 1. The van der Waals surface area contributed by atoms with Crippen LogP contribution < -0.4 is 15.4 Å². The Hall–Kier alpha value is -2.64. The second-order valence-electron chi connectivity index (χ2n) is 5.44. The molecular weight excluding hydrogens is 379 g/mol. The van der Waals surface area contributed by atoms with Gasteiger partial charge in [0.15, 0.2) is 0 Å². The Morgan fingerprint density at radius 2 is 1.92 bits per heavy atom. The normalized spacial score (nSPS) is 10.6. The third-order valence-electron chi connectivity index (χ3n) is 3.57. The number of carbonyl (C=O) groups is 2. The third-order valence-corrected chi connectivity index (χ3v) is 5.22. The first-order valence-electron chi connectivity index (χ1n) is 7.53. The lowest BCUT2D eigenvalue weighted by atomic mass is 10.2. The Balaban J connectivity index is 1.94. The molecule has 0 fully saturated rings. The number of hydrogen-bond acceptors (Lipinski definition) is 4. The van der Waals surface area contributed by atoms with E-state index >= 15 is 0 Å². The number of nitrogens with one attached hydrogen (secondary N) is 2. The van der Waals surface area contributed by atoms with Crippen LogP contribution in [0.15, 0.2) is 36.4 Å². The Morgan fingerprint density at radius 1 is 1.15 bits per heavy atom. The molecule has 2 amide bonds. The molecule has 2 aromatic carbocycles. The van der Waals surface area contributed by atoms with Gasteiger partial charge in [-0.15, -0.1) is 11.3 Å². The maximum Gasteiger partial charge on any atom is 0.267 e. The van der Waals surface area contributed by atoms with Crippen LogP contribution in [0.2, 0.25) is 5.02 Å². The number of halogens is 2. The molecule has 1 aromatic heterocycles. The fourth-order valence-electron chi connectivity index (χ4n) is 2.45. The molecule has 0 aliphatic heterocycles. The van der Waals surface area contributed by atoms with Crippen LogP contribution in [-0.4, -0.2) is 18.9 Å². The largest absolute Gasteiger partial charge is 0.495 e. The molecule has 0 aliphatic rings. The molecule has 1 heterocycles. The predicted molar refractivity (Wildman–Crippen MR) is 102 cm³/mol. The fourth-order valence-corrected chi connectivity index (χ4v) is 3.89. The van der Waals surface area contributed by atoms with Gasteiger partial charge in [-0.1, -0.05) is 11.6 Å². The van der Waals surface area contributed by atoms with Crippen LogP contribution in [0.4, 0.5) is 15.8 Å². The lowest BCUT2D eigenvalue weighted by Gasteiger charge is -2.12. The van der Waals surface area contributed by atoms with E-state index in [2.05, 4.69) is 10.6 Å². The van der Waals surface area contributed by atoms with E-state index < -0.39 is 11.7 Å². The van der Waals surface area contributed by atoms with Gasteiger partial charge in [0.1, 0.15) is 16.4 Å². The summed E-state index contributed by atoms with van der Waals surface area (Å²) in [7, 11) is 1.47. The van der Waals surface area contributed by atoms with Crippen molar-refractivity contribution >= 4 is 56.2 Å². The minimum absolute atomic E-state index is 0.234. The van der Waals surface area contributed by atoms with Gasteiger partial charge in [0.25, 0.3) is 5.91 Å². The molecule has 2 N–H and O–H groups in total. The highest BCUT2D eigenvalue weighted by atomic mass is 35.5. The van der Waals surface area contributed by atoms with Gasteiger partial charge in [0.2, 0.25) is 5.91 Å². The number of hydrogen-bond donors (Lipinski definition) is 2. The van der Waals surface area contributed by atoms with Gasteiger partial charge in [0, 0.05) is 22.7 Å². The zero-order valence-corrected chi connectivity index (χ0v) is 15.4. The number of fused-ring (bicyclic) bond motifs is 1. The maximum atomic E-state index is 13.4. The van der Waals surface area contributed by atoms with Crippen LogP contribution in [-0.2, 0) is 4.79 Å². The summed E-state index contributed by atoms with van der Waals surface area (Å²) < 4.78 is 19.2. The average Bonchev–Trinajstić information content (AvgIpc) is 2.90. The summed E-state index contributed by atoms with van der Waals surface area (Å²) in [6, 6.07) is 9.04. The second-order valence-corrected chi connectivity index (χ2v) is 6.87. The van der Waals surface area contributed by atoms with Crippen molar-refractivity contribution in [2.75, 3.05) is 17.7 Å². The minimum atomic E-state index is -0.449. The van der Waals surface area contributed by atoms with E-state index in [0.29, 0.717) is 27.2 Å². The van der Waals surface area contributed by atoms with Gasteiger partial charge in [-0.2, -0.15) is 0 Å². The van der Waals surface area contributed by atoms with Gasteiger partial charge in [-0.25, -0.2) is 4.39 Å². The molecule has 0 unspecified atom stereocenters. The molecule has 0 bridgehead atoms. The van der Waals surface area contributed by atoms with E-state index in [1.807, 2.05) is 0 Å². The minimum Gasteiger partial charge on any atom is -0.495 e.